The normalized spacial score (nSPS) is 22.2. The second kappa shape index (κ2) is 6.05. The lowest BCUT2D eigenvalue weighted by atomic mass is 9.94. The minimum Gasteiger partial charge on any atom is -0.497 e. The van der Waals surface area contributed by atoms with E-state index in [1.165, 1.54) is 0 Å². The summed E-state index contributed by atoms with van der Waals surface area (Å²) < 4.78 is 6.09. The van der Waals surface area contributed by atoms with Crippen LogP contribution in [0.4, 0.5) is 0 Å². The number of benzene rings is 1. The van der Waals surface area contributed by atoms with Crippen molar-refractivity contribution in [2.75, 3.05) is 13.7 Å². The molecule has 1 aliphatic rings. The molecule has 1 fully saturated rings. The third-order valence-electron chi connectivity index (χ3n) is 3.83. The summed E-state index contributed by atoms with van der Waals surface area (Å²) in [5.41, 5.74) is 0.0941. The third-order valence-corrected chi connectivity index (χ3v) is 4.60. The maximum Gasteiger partial charge on any atom is 0.248 e. The standard InChI is InChI=1S/C15H19BrN2O3/c1-4-15(2)14(20)18(9-13(19)17-15)8-10-7-11(21-3)5-6-12(10)16/h5-7H,4,8-9H2,1-3H3,(H,17,19). The summed E-state index contributed by atoms with van der Waals surface area (Å²) in [6.45, 7) is 4.11. The molecule has 0 saturated carbocycles. The van der Waals surface area contributed by atoms with E-state index in [4.69, 9.17) is 4.74 Å². The average Bonchev–Trinajstić information content (AvgIpc) is 2.46. The number of hydrogen-bond acceptors (Lipinski definition) is 3. The number of ether oxygens (including phenoxy) is 1. The van der Waals surface area contributed by atoms with E-state index in [-0.39, 0.29) is 18.4 Å². The second-order valence-electron chi connectivity index (χ2n) is 5.35. The summed E-state index contributed by atoms with van der Waals surface area (Å²) in [6.07, 6.45) is 0.563. The fraction of sp³-hybridized carbons (Fsp3) is 0.467. The number of piperazine rings is 1. The molecule has 21 heavy (non-hydrogen) atoms. The fourth-order valence-corrected chi connectivity index (χ4v) is 2.74. The van der Waals surface area contributed by atoms with Crippen LogP contribution in [0, 0.1) is 0 Å². The highest BCUT2D eigenvalue weighted by atomic mass is 79.9. The Balaban J connectivity index is 2.26. The van der Waals surface area contributed by atoms with Crippen LogP contribution in [0.2, 0.25) is 0 Å². The van der Waals surface area contributed by atoms with Crippen molar-refractivity contribution in [2.45, 2.75) is 32.4 Å². The molecule has 1 heterocycles. The van der Waals surface area contributed by atoms with Crippen LogP contribution in [0.25, 0.3) is 0 Å². The summed E-state index contributed by atoms with van der Waals surface area (Å²) in [4.78, 5) is 26.0. The Morgan fingerprint density at radius 3 is 2.76 bits per heavy atom. The Bertz CT molecular complexity index is 576. The number of carbonyl (C=O) groups excluding carboxylic acids is 2. The van der Waals surface area contributed by atoms with Gasteiger partial charge in [0.05, 0.1) is 13.7 Å². The van der Waals surface area contributed by atoms with Gasteiger partial charge in [-0.15, -0.1) is 0 Å². The van der Waals surface area contributed by atoms with Crippen molar-refractivity contribution >= 4 is 27.7 Å². The van der Waals surface area contributed by atoms with E-state index in [1.807, 2.05) is 25.1 Å². The molecule has 1 unspecified atom stereocenters. The first-order valence-electron chi connectivity index (χ1n) is 6.82. The lowest BCUT2D eigenvalue weighted by molar-refractivity contribution is -0.149. The van der Waals surface area contributed by atoms with Gasteiger partial charge >= 0.3 is 0 Å². The molecule has 114 valence electrons. The maximum atomic E-state index is 12.6. The number of carbonyl (C=O) groups is 2. The number of nitrogens with zero attached hydrogens (tertiary/aromatic N) is 1. The molecule has 1 aliphatic heterocycles. The summed E-state index contributed by atoms with van der Waals surface area (Å²) in [7, 11) is 1.60. The van der Waals surface area contributed by atoms with Crippen molar-refractivity contribution in [2.24, 2.45) is 0 Å². The highest BCUT2D eigenvalue weighted by Crippen LogP contribution is 2.26. The first-order chi connectivity index (χ1) is 9.89. The minimum absolute atomic E-state index is 0.0562. The molecule has 0 aliphatic carbocycles. The monoisotopic (exact) mass is 354 g/mol. The molecular formula is C15H19BrN2O3. The van der Waals surface area contributed by atoms with E-state index >= 15 is 0 Å². The highest BCUT2D eigenvalue weighted by Gasteiger charge is 2.41. The third kappa shape index (κ3) is 3.20. The van der Waals surface area contributed by atoms with Crippen molar-refractivity contribution < 1.29 is 14.3 Å². The first-order valence-corrected chi connectivity index (χ1v) is 7.61. The van der Waals surface area contributed by atoms with E-state index in [2.05, 4.69) is 21.2 Å². The van der Waals surface area contributed by atoms with E-state index in [0.29, 0.717) is 13.0 Å². The van der Waals surface area contributed by atoms with Gasteiger partial charge in [0.1, 0.15) is 11.3 Å². The zero-order valence-electron chi connectivity index (χ0n) is 12.4. The predicted octanol–water partition coefficient (Wildman–Crippen LogP) is 2.08. The van der Waals surface area contributed by atoms with Crippen LogP contribution in [0.3, 0.4) is 0 Å². The fourth-order valence-electron chi connectivity index (χ4n) is 2.37. The van der Waals surface area contributed by atoms with Gasteiger partial charge in [0.2, 0.25) is 11.8 Å². The zero-order valence-corrected chi connectivity index (χ0v) is 14.0. The Hall–Kier alpha value is -1.56. The Morgan fingerprint density at radius 1 is 1.43 bits per heavy atom. The highest BCUT2D eigenvalue weighted by molar-refractivity contribution is 9.10. The van der Waals surface area contributed by atoms with Gasteiger partial charge in [-0.25, -0.2) is 0 Å². The summed E-state index contributed by atoms with van der Waals surface area (Å²) in [6, 6.07) is 5.59. The van der Waals surface area contributed by atoms with Crippen LogP contribution >= 0.6 is 15.9 Å². The van der Waals surface area contributed by atoms with Gasteiger partial charge in [0.15, 0.2) is 0 Å². The number of nitrogens with one attached hydrogen (secondary N) is 1. The molecule has 1 aromatic carbocycles. The topological polar surface area (TPSA) is 58.6 Å². The van der Waals surface area contributed by atoms with Crippen LogP contribution in [0.1, 0.15) is 25.8 Å². The summed E-state index contributed by atoms with van der Waals surface area (Å²) in [5, 5.41) is 2.78. The number of amides is 2. The molecule has 0 aromatic heterocycles. The van der Waals surface area contributed by atoms with Crippen LogP contribution < -0.4 is 10.1 Å². The number of methoxy groups -OCH3 is 1. The molecule has 6 heteroatoms. The molecule has 1 saturated heterocycles. The Kier molecular flexibility index (Phi) is 4.56. The van der Waals surface area contributed by atoms with Crippen molar-refractivity contribution in [1.29, 1.82) is 0 Å². The Labute approximate surface area is 132 Å². The van der Waals surface area contributed by atoms with Crippen LogP contribution in [-0.2, 0) is 16.1 Å². The summed E-state index contributed by atoms with van der Waals surface area (Å²) in [5.74, 6) is 0.539. The van der Waals surface area contributed by atoms with Crippen LogP contribution in [0.15, 0.2) is 22.7 Å². The van der Waals surface area contributed by atoms with Crippen molar-refractivity contribution in [3.05, 3.63) is 28.2 Å². The van der Waals surface area contributed by atoms with Gasteiger partial charge in [-0.2, -0.15) is 0 Å². The van der Waals surface area contributed by atoms with Gasteiger partial charge in [-0.05, 0) is 37.1 Å². The van der Waals surface area contributed by atoms with Gasteiger partial charge in [-0.1, -0.05) is 22.9 Å². The largest absolute Gasteiger partial charge is 0.497 e. The van der Waals surface area contributed by atoms with Gasteiger partial charge in [0, 0.05) is 11.0 Å². The number of rotatable bonds is 4. The summed E-state index contributed by atoms with van der Waals surface area (Å²) >= 11 is 3.47. The van der Waals surface area contributed by atoms with E-state index in [9.17, 15) is 9.59 Å². The van der Waals surface area contributed by atoms with Gasteiger partial charge < -0.3 is 15.0 Å². The van der Waals surface area contributed by atoms with Crippen LogP contribution in [0.5, 0.6) is 5.75 Å². The molecule has 1 aromatic rings. The SMILES string of the molecule is CCC1(C)NC(=O)CN(Cc2cc(OC)ccc2Br)C1=O. The molecule has 2 rings (SSSR count). The van der Waals surface area contributed by atoms with E-state index in [0.717, 1.165) is 15.8 Å². The molecule has 0 spiro atoms. The van der Waals surface area contributed by atoms with Crippen LogP contribution in [-0.4, -0.2) is 35.9 Å². The predicted molar refractivity (Wildman–Crippen MR) is 82.9 cm³/mol. The van der Waals surface area contributed by atoms with Crippen molar-refractivity contribution in [3.8, 4) is 5.75 Å². The second-order valence-corrected chi connectivity index (χ2v) is 6.21. The lowest BCUT2D eigenvalue weighted by Crippen LogP contribution is -2.64. The molecular weight excluding hydrogens is 336 g/mol. The minimum atomic E-state index is -0.819. The Morgan fingerprint density at radius 2 is 2.14 bits per heavy atom. The van der Waals surface area contributed by atoms with Crippen molar-refractivity contribution in [3.63, 3.8) is 0 Å². The van der Waals surface area contributed by atoms with Gasteiger partial charge in [0.25, 0.3) is 0 Å². The molecule has 2 amide bonds. The molecule has 0 bridgehead atoms. The smallest absolute Gasteiger partial charge is 0.248 e. The van der Waals surface area contributed by atoms with E-state index in [1.54, 1.807) is 18.9 Å². The number of halogens is 1. The quantitative estimate of drug-likeness (QED) is 0.900. The number of hydrogen-bond donors (Lipinski definition) is 1. The first kappa shape index (κ1) is 15.8. The molecule has 1 N–H and O–H groups in total. The molecule has 0 radical (unpaired) electrons. The zero-order chi connectivity index (χ0) is 15.6. The average molecular weight is 355 g/mol. The molecule has 1 atom stereocenters. The van der Waals surface area contributed by atoms with Crippen molar-refractivity contribution in [1.82, 2.24) is 10.2 Å². The maximum absolute atomic E-state index is 12.6. The lowest BCUT2D eigenvalue weighted by Gasteiger charge is -2.39. The van der Waals surface area contributed by atoms with E-state index < -0.39 is 5.54 Å². The van der Waals surface area contributed by atoms with Gasteiger partial charge in [-0.3, -0.25) is 9.59 Å². The molecule has 5 nitrogen and oxygen atoms in total.